The average molecular weight is 311 g/mol. The van der Waals surface area contributed by atoms with E-state index in [9.17, 15) is 0 Å². The molecule has 1 saturated heterocycles. The van der Waals surface area contributed by atoms with Gasteiger partial charge in [-0.1, -0.05) is 20.8 Å². The van der Waals surface area contributed by atoms with E-state index in [1.54, 1.807) is 11.3 Å². The molecule has 1 aliphatic rings. The Morgan fingerprint density at radius 1 is 1.43 bits per heavy atom. The van der Waals surface area contributed by atoms with Crippen molar-refractivity contribution in [2.45, 2.75) is 76.9 Å². The smallest absolute Gasteiger partial charge is 0.0944 e. The number of hydrogen-bond acceptors (Lipinski definition) is 4. The molecule has 0 aliphatic carbocycles. The Morgan fingerprint density at radius 3 is 2.81 bits per heavy atom. The van der Waals surface area contributed by atoms with Gasteiger partial charge in [-0.05, 0) is 39.2 Å². The summed E-state index contributed by atoms with van der Waals surface area (Å²) in [5, 5.41) is 6.92. The Morgan fingerprint density at radius 2 is 2.24 bits per heavy atom. The van der Waals surface area contributed by atoms with Gasteiger partial charge in [0.1, 0.15) is 0 Å². The number of nitrogens with zero attached hydrogens (tertiary/aromatic N) is 1. The van der Waals surface area contributed by atoms with E-state index in [1.165, 1.54) is 42.8 Å². The topological polar surface area (TPSA) is 34.1 Å². The van der Waals surface area contributed by atoms with E-state index in [0.717, 1.165) is 13.0 Å². The zero-order chi connectivity index (χ0) is 15.3. The lowest BCUT2D eigenvalue weighted by Gasteiger charge is -2.24. The van der Waals surface area contributed by atoms with Crippen LogP contribution in [-0.2, 0) is 16.6 Å². The summed E-state index contributed by atoms with van der Waals surface area (Å²) in [6, 6.07) is 0.509. The molecule has 1 N–H and O–H groups in total. The van der Waals surface area contributed by atoms with Crippen LogP contribution in [0.1, 0.15) is 63.6 Å². The quantitative estimate of drug-likeness (QED) is 0.864. The predicted molar refractivity (Wildman–Crippen MR) is 90.2 cm³/mol. The molecule has 120 valence electrons. The van der Waals surface area contributed by atoms with Crippen LogP contribution in [0.3, 0.4) is 0 Å². The van der Waals surface area contributed by atoms with Gasteiger partial charge in [0.25, 0.3) is 0 Å². The maximum Gasteiger partial charge on any atom is 0.0944 e. The molecular weight excluding hydrogens is 280 g/mol. The minimum atomic E-state index is 0.153. The molecule has 2 unspecified atom stereocenters. The van der Waals surface area contributed by atoms with Crippen LogP contribution in [0, 0.1) is 0 Å². The number of ether oxygens (including phenoxy) is 1. The standard InChI is InChI=1S/C17H30N2OS/c1-17(2,3)15-12-21-16(19-15)11-13(18-4)8-9-14-7-5-6-10-20-14/h12-14,18H,5-11H2,1-4H3. The van der Waals surface area contributed by atoms with E-state index in [4.69, 9.17) is 9.72 Å². The maximum absolute atomic E-state index is 5.83. The first-order valence-corrected chi connectivity index (χ1v) is 9.10. The Balaban J connectivity index is 1.82. The zero-order valence-corrected chi connectivity index (χ0v) is 14.8. The van der Waals surface area contributed by atoms with Gasteiger partial charge in [-0.25, -0.2) is 4.98 Å². The minimum Gasteiger partial charge on any atom is -0.378 e. The number of hydrogen-bond donors (Lipinski definition) is 1. The van der Waals surface area contributed by atoms with Crippen LogP contribution in [0.5, 0.6) is 0 Å². The molecule has 2 rings (SSSR count). The summed E-state index contributed by atoms with van der Waals surface area (Å²) in [4.78, 5) is 4.81. The zero-order valence-electron chi connectivity index (χ0n) is 13.9. The predicted octanol–water partition coefficient (Wildman–Crippen LogP) is 3.92. The van der Waals surface area contributed by atoms with Gasteiger partial charge >= 0.3 is 0 Å². The van der Waals surface area contributed by atoms with E-state index in [2.05, 4.69) is 38.5 Å². The Hall–Kier alpha value is -0.450. The molecule has 1 aliphatic heterocycles. The third kappa shape index (κ3) is 5.35. The molecule has 1 aromatic heterocycles. The van der Waals surface area contributed by atoms with Gasteiger partial charge < -0.3 is 10.1 Å². The summed E-state index contributed by atoms with van der Waals surface area (Å²) >= 11 is 1.80. The second kappa shape index (κ2) is 7.70. The molecule has 1 fully saturated rings. The van der Waals surface area contributed by atoms with Crippen LogP contribution in [0.15, 0.2) is 5.38 Å². The highest BCUT2D eigenvalue weighted by Crippen LogP contribution is 2.25. The van der Waals surface area contributed by atoms with Crippen molar-refractivity contribution in [2.75, 3.05) is 13.7 Å². The molecule has 0 radical (unpaired) electrons. The van der Waals surface area contributed by atoms with Gasteiger partial charge in [0, 0.05) is 29.9 Å². The largest absolute Gasteiger partial charge is 0.378 e. The number of rotatable bonds is 6. The van der Waals surface area contributed by atoms with Crippen molar-refractivity contribution in [2.24, 2.45) is 0 Å². The highest BCUT2D eigenvalue weighted by Gasteiger charge is 2.20. The molecule has 0 saturated carbocycles. The second-order valence-electron chi connectivity index (χ2n) is 7.13. The van der Waals surface area contributed by atoms with Crippen molar-refractivity contribution in [3.63, 3.8) is 0 Å². The van der Waals surface area contributed by atoms with Crippen molar-refractivity contribution in [1.82, 2.24) is 10.3 Å². The number of thiazole rings is 1. The normalized spacial score (nSPS) is 21.4. The third-order valence-corrected chi connectivity index (χ3v) is 5.13. The molecule has 0 aromatic carbocycles. The Kier molecular flexibility index (Phi) is 6.20. The average Bonchev–Trinajstić information content (AvgIpc) is 2.93. The molecule has 4 heteroatoms. The Bertz CT molecular complexity index is 419. The molecule has 1 aromatic rings. The molecule has 2 atom stereocenters. The van der Waals surface area contributed by atoms with E-state index in [-0.39, 0.29) is 5.41 Å². The van der Waals surface area contributed by atoms with Gasteiger partial charge in [-0.2, -0.15) is 0 Å². The molecule has 0 spiro atoms. The Labute approximate surface area is 133 Å². The van der Waals surface area contributed by atoms with Gasteiger partial charge in [0.05, 0.1) is 16.8 Å². The van der Waals surface area contributed by atoms with Gasteiger partial charge in [0.2, 0.25) is 0 Å². The molecule has 3 nitrogen and oxygen atoms in total. The fourth-order valence-corrected chi connectivity index (χ4v) is 3.83. The van der Waals surface area contributed by atoms with E-state index in [1.807, 2.05) is 0 Å². The van der Waals surface area contributed by atoms with Crippen LogP contribution >= 0.6 is 11.3 Å². The monoisotopic (exact) mass is 310 g/mol. The number of likely N-dealkylation sites (N-methyl/N-ethyl adjacent to an activating group) is 1. The lowest BCUT2D eigenvalue weighted by atomic mass is 9.93. The first kappa shape index (κ1) is 16.9. The first-order valence-electron chi connectivity index (χ1n) is 8.23. The molecular formula is C17H30N2OS. The van der Waals surface area contributed by atoms with Gasteiger partial charge in [-0.3, -0.25) is 0 Å². The molecule has 2 heterocycles. The van der Waals surface area contributed by atoms with Crippen LogP contribution in [0.2, 0.25) is 0 Å². The summed E-state index contributed by atoms with van der Waals surface area (Å²) in [5.74, 6) is 0. The van der Waals surface area contributed by atoms with Gasteiger partial charge in [-0.15, -0.1) is 11.3 Å². The van der Waals surface area contributed by atoms with E-state index >= 15 is 0 Å². The fraction of sp³-hybridized carbons (Fsp3) is 0.824. The minimum absolute atomic E-state index is 0.153. The highest BCUT2D eigenvalue weighted by atomic mass is 32.1. The van der Waals surface area contributed by atoms with Crippen molar-refractivity contribution in [3.8, 4) is 0 Å². The number of aromatic nitrogens is 1. The van der Waals surface area contributed by atoms with Crippen molar-refractivity contribution < 1.29 is 4.74 Å². The van der Waals surface area contributed by atoms with Crippen molar-refractivity contribution in [1.29, 1.82) is 0 Å². The highest BCUT2D eigenvalue weighted by molar-refractivity contribution is 7.09. The van der Waals surface area contributed by atoms with Crippen LogP contribution in [-0.4, -0.2) is 30.8 Å². The molecule has 0 bridgehead atoms. The molecule has 0 amide bonds. The van der Waals surface area contributed by atoms with Gasteiger partial charge in [0.15, 0.2) is 0 Å². The molecule has 21 heavy (non-hydrogen) atoms. The van der Waals surface area contributed by atoms with Crippen LogP contribution in [0.25, 0.3) is 0 Å². The van der Waals surface area contributed by atoms with Crippen molar-refractivity contribution in [3.05, 3.63) is 16.1 Å². The third-order valence-electron chi connectivity index (χ3n) is 4.26. The fourth-order valence-electron chi connectivity index (χ4n) is 2.73. The van der Waals surface area contributed by atoms with E-state index in [0.29, 0.717) is 12.1 Å². The summed E-state index contributed by atoms with van der Waals surface area (Å²) in [5.41, 5.74) is 1.37. The maximum atomic E-state index is 5.83. The van der Waals surface area contributed by atoms with Crippen molar-refractivity contribution >= 4 is 11.3 Å². The van der Waals surface area contributed by atoms with Crippen LogP contribution < -0.4 is 5.32 Å². The summed E-state index contributed by atoms with van der Waals surface area (Å²) < 4.78 is 5.83. The SMILES string of the molecule is CNC(CCC1CCCCO1)Cc1nc(C(C)(C)C)cs1. The second-order valence-corrected chi connectivity index (χ2v) is 8.07. The lowest BCUT2D eigenvalue weighted by Crippen LogP contribution is -2.30. The van der Waals surface area contributed by atoms with Crippen LogP contribution in [0.4, 0.5) is 0 Å². The lowest BCUT2D eigenvalue weighted by molar-refractivity contribution is 0.00870. The number of nitrogens with one attached hydrogen (secondary N) is 1. The summed E-state index contributed by atoms with van der Waals surface area (Å²) in [6.45, 7) is 7.63. The van der Waals surface area contributed by atoms with E-state index < -0.39 is 0 Å². The summed E-state index contributed by atoms with van der Waals surface area (Å²) in [7, 11) is 2.06. The first-order chi connectivity index (χ1) is 9.99. The summed E-state index contributed by atoms with van der Waals surface area (Å²) in [6.07, 6.45) is 7.66.